The molecule has 304 valence electrons. The quantitative estimate of drug-likeness (QED) is 0.0283. The van der Waals surface area contributed by atoms with Crippen molar-refractivity contribution in [1.82, 2.24) is 5.32 Å². The van der Waals surface area contributed by atoms with Crippen LogP contribution in [0.1, 0.15) is 200 Å². The second kappa shape index (κ2) is 37.6. The van der Waals surface area contributed by atoms with Crippen LogP contribution in [0.5, 0.6) is 0 Å². The number of nitrogens with one attached hydrogen (secondary N) is 1. The lowest BCUT2D eigenvalue weighted by Gasteiger charge is -2.22. The molecule has 7 nitrogen and oxygen atoms in total. The third kappa shape index (κ3) is 36.6. The summed E-state index contributed by atoms with van der Waals surface area (Å²) in [5.74, 6) is -1.58. The first-order chi connectivity index (χ1) is 25.2. The summed E-state index contributed by atoms with van der Waals surface area (Å²) < 4.78 is 32.5. The first-order valence-corrected chi connectivity index (χ1v) is 23.1. The Morgan fingerprint density at radius 1 is 0.519 bits per heavy atom. The third-order valence-corrected chi connectivity index (χ3v) is 10.3. The van der Waals surface area contributed by atoms with Crippen molar-refractivity contribution in [2.45, 2.75) is 218 Å². The molecule has 1 amide bonds. The summed E-state index contributed by atoms with van der Waals surface area (Å²) in [5, 5.41) is 23.4. The van der Waals surface area contributed by atoms with Gasteiger partial charge in [0, 0.05) is 0 Å². The first-order valence-electron chi connectivity index (χ1n) is 21.4. The molecule has 0 spiro atoms. The van der Waals surface area contributed by atoms with E-state index in [2.05, 4.69) is 55.6 Å². The Labute approximate surface area is 321 Å². The normalized spacial score (nSPS) is 14.3. The van der Waals surface area contributed by atoms with Crippen LogP contribution in [0.4, 0.5) is 0 Å². The van der Waals surface area contributed by atoms with Crippen LogP contribution in [-0.2, 0) is 14.9 Å². The number of carbonyl (C=O) groups excluding carboxylic acids is 1. The van der Waals surface area contributed by atoms with E-state index in [-0.39, 0.29) is 6.42 Å². The standard InChI is InChI=1S/C44H81NO6S/c1-3-5-7-9-11-13-15-17-19-20-21-22-23-25-26-28-30-32-34-36-38-42(46)41(40-52(49,50)51)45-44(48)43(47)39-37-35-33-31-29-27-24-18-16-14-12-10-8-6-4-2/h22-24,27-28,30,36,38,41-43,46-47H,3-21,25-26,29,31-35,37,39-40H2,1-2H3,(H,45,48)(H,49,50,51)/b23-22+,27-24-,30-28+,38-36+. The van der Waals surface area contributed by atoms with Crippen LogP contribution in [0, 0.1) is 0 Å². The van der Waals surface area contributed by atoms with Crippen LogP contribution in [0.3, 0.4) is 0 Å². The van der Waals surface area contributed by atoms with Crippen molar-refractivity contribution >= 4 is 16.0 Å². The van der Waals surface area contributed by atoms with Gasteiger partial charge in [-0.3, -0.25) is 9.35 Å². The van der Waals surface area contributed by atoms with E-state index in [1.165, 1.54) is 115 Å². The molecule has 0 aliphatic heterocycles. The minimum Gasteiger partial charge on any atom is -0.387 e. The van der Waals surface area contributed by atoms with Gasteiger partial charge < -0.3 is 15.5 Å². The molecule has 3 atom stereocenters. The predicted molar refractivity (Wildman–Crippen MR) is 222 cm³/mol. The largest absolute Gasteiger partial charge is 0.387 e. The van der Waals surface area contributed by atoms with E-state index in [1.807, 2.05) is 0 Å². The van der Waals surface area contributed by atoms with Crippen molar-refractivity contribution in [3.63, 3.8) is 0 Å². The number of aliphatic hydroxyl groups is 2. The monoisotopic (exact) mass is 752 g/mol. The molecule has 0 aliphatic carbocycles. The maximum atomic E-state index is 12.6. The minimum atomic E-state index is -4.46. The van der Waals surface area contributed by atoms with Crippen LogP contribution < -0.4 is 5.32 Å². The van der Waals surface area contributed by atoms with Crippen molar-refractivity contribution in [2.24, 2.45) is 0 Å². The highest BCUT2D eigenvalue weighted by Crippen LogP contribution is 2.13. The summed E-state index contributed by atoms with van der Waals surface area (Å²) in [5.41, 5.74) is 0. The van der Waals surface area contributed by atoms with Crippen LogP contribution in [-0.4, -0.2) is 53.1 Å². The third-order valence-electron chi connectivity index (χ3n) is 9.56. The molecule has 3 unspecified atom stereocenters. The van der Waals surface area contributed by atoms with Gasteiger partial charge in [-0.1, -0.05) is 178 Å². The number of hydrogen-bond acceptors (Lipinski definition) is 5. The molecule has 52 heavy (non-hydrogen) atoms. The fourth-order valence-corrected chi connectivity index (χ4v) is 6.98. The Morgan fingerprint density at radius 3 is 1.27 bits per heavy atom. The van der Waals surface area contributed by atoms with Gasteiger partial charge in [-0.2, -0.15) is 8.42 Å². The van der Waals surface area contributed by atoms with E-state index in [0.29, 0.717) is 12.8 Å². The fraction of sp³-hybridized carbons (Fsp3) is 0.795. The molecular formula is C44H81NO6S. The van der Waals surface area contributed by atoms with Crippen molar-refractivity contribution in [3.8, 4) is 0 Å². The van der Waals surface area contributed by atoms with Crippen molar-refractivity contribution in [1.29, 1.82) is 0 Å². The van der Waals surface area contributed by atoms with E-state index in [1.54, 1.807) is 6.08 Å². The first kappa shape index (κ1) is 50.3. The molecule has 0 aliphatic rings. The number of aliphatic hydroxyl groups excluding tert-OH is 2. The Morgan fingerprint density at radius 2 is 0.865 bits per heavy atom. The molecule has 0 saturated carbocycles. The molecule has 0 radical (unpaired) electrons. The average molecular weight is 752 g/mol. The van der Waals surface area contributed by atoms with Crippen LogP contribution in [0.2, 0.25) is 0 Å². The lowest BCUT2D eigenvalue weighted by Crippen LogP contribution is -2.50. The highest BCUT2D eigenvalue weighted by atomic mass is 32.2. The SMILES string of the molecule is CCCCCCCCC/C=C\CCCCCCC(O)C(=O)NC(CS(=O)(=O)O)C(O)/C=C/CC/C=C/CC/C=C/CCCCCCCCCCCC. The van der Waals surface area contributed by atoms with Gasteiger partial charge in [-0.05, 0) is 70.6 Å². The van der Waals surface area contributed by atoms with Crippen molar-refractivity contribution < 1.29 is 28.0 Å². The maximum Gasteiger partial charge on any atom is 0.267 e. The smallest absolute Gasteiger partial charge is 0.267 e. The molecule has 0 aromatic heterocycles. The van der Waals surface area contributed by atoms with Gasteiger partial charge in [0.15, 0.2) is 0 Å². The number of rotatable bonds is 38. The summed E-state index contributed by atoms with van der Waals surface area (Å²) in [6.45, 7) is 4.51. The second-order valence-electron chi connectivity index (χ2n) is 14.7. The summed E-state index contributed by atoms with van der Waals surface area (Å²) in [7, 11) is -4.46. The minimum absolute atomic E-state index is 0.256. The molecule has 0 saturated heterocycles. The van der Waals surface area contributed by atoms with Gasteiger partial charge in [-0.25, -0.2) is 0 Å². The van der Waals surface area contributed by atoms with E-state index in [4.69, 9.17) is 0 Å². The molecule has 0 rings (SSSR count). The Hall–Kier alpha value is -1.74. The molecule has 0 heterocycles. The van der Waals surface area contributed by atoms with Gasteiger partial charge in [0.05, 0.1) is 17.9 Å². The fourth-order valence-electron chi connectivity index (χ4n) is 6.25. The lowest BCUT2D eigenvalue weighted by molar-refractivity contribution is -0.130. The number of unbranched alkanes of at least 4 members (excludes halogenated alkanes) is 23. The Kier molecular flexibility index (Phi) is 36.3. The second-order valence-corrected chi connectivity index (χ2v) is 16.2. The summed E-state index contributed by atoms with van der Waals surface area (Å²) >= 11 is 0. The lowest BCUT2D eigenvalue weighted by atomic mass is 10.1. The van der Waals surface area contributed by atoms with Crippen molar-refractivity contribution in [2.75, 3.05) is 5.75 Å². The number of carbonyl (C=O) groups is 1. The highest BCUT2D eigenvalue weighted by molar-refractivity contribution is 7.85. The van der Waals surface area contributed by atoms with Gasteiger partial charge in [0.2, 0.25) is 5.91 Å². The zero-order valence-electron chi connectivity index (χ0n) is 33.5. The molecule has 8 heteroatoms. The number of hydrogen-bond donors (Lipinski definition) is 4. The van der Waals surface area contributed by atoms with Crippen molar-refractivity contribution in [3.05, 3.63) is 48.6 Å². The van der Waals surface area contributed by atoms with Gasteiger partial charge >= 0.3 is 0 Å². The predicted octanol–water partition coefficient (Wildman–Crippen LogP) is 11.7. The molecular weight excluding hydrogens is 671 g/mol. The van der Waals surface area contributed by atoms with E-state index in [0.717, 1.165) is 57.8 Å². The number of amides is 1. The van der Waals surface area contributed by atoms with Gasteiger partial charge in [-0.15, -0.1) is 0 Å². The summed E-state index contributed by atoms with van der Waals surface area (Å²) in [6, 6.07) is -1.26. The maximum absolute atomic E-state index is 12.6. The average Bonchev–Trinajstić information content (AvgIpc) is 3.11. The molecule has 0 aromatic carbocycles. The Bertz CT molecular complexity index is 1020. The van der Waals surface area contributed by atoms with E-state index < -0.39 is 40.0 Å². The Balaban J connectivity index is 4.12. The topological polar surface area (TPSA) is 124 Å². The molecule has 0 aromatic rings. The van der Waals surface area contributed by atoms with Crippen LogP contribution in [0.15, 0.2) is 48.6 Å². The molecule has 0 bridgehead atoms. The highest BCUT2D eigenvalue weighted by Gasteiger charge is 2.27. The zero-order chi connectivity index (χ0) is 38.4. The zero-order valence-corrected chi connectivity index (χ0v) is 34.4. The molecule has 0 fully saturated rings. The number of allylic oxidation sites excluding steroid dienone is 7. The summed E-state index contributed by atoms with van der Waals surface area (Å²) in [4.78, 5) is 12.6. The van der Waals surface area contributed by atoms with Gasteiger partial charge in [0.25, 0.3) is 10.1 Å². The van der Waals surface area contributed by atoms with Gasteiger partial charge in [0.1, 0.15) is 6.10 Å². The van der Waals surface area contributed by atoms with Crippen LogP contribution >= 0.6 is 0 Å². The van der Waals surface area contributed by atoms with E-state index >= 15 is 0 Å². The van der Waals surface area contributed by atoms with Crippen LogP contribution in [0.25, 0.3) is 0 Å². The molecule has 4 N–H and O–H groups in total. The van der Waals surface area contributed by atoms with E-state index in [9.17, 15) is 28.0 Å². The summed E-state index contributed by atoms with van der Waals surface area (Å²) in [6.07, 6.45) is 47.4.